The van der Waals surface area contributed by atoms with Crippen molar-refractivity contribution in [2.24, 2.45) is 16.6 Å². The van der Waals surface area contributed by atoms with Gasteiger partial charge in [-0.15, -0.1) is 0 Å². The Morgan fingerprint density at radius 1 is 1.25 bits per heavy atom. The molecule has 2 atom stereocenters. The molecule has 0 saturated heterocycles. The summed E-state index contributed by atoms with van der Waals surface area (Å²) in [5.41, 5.74) is 9.79. The molecule has 0 spiro atoms. The van der Waals surface area contributed by atoms with Gasteiger partial charge in [0.15, 0.2) is 5.96 Å². The Hall–Kier alpha value is -1.60. The van der Waals surface area contributed by atoms with Gasteiger partial charge in [0.2, 0.25) is 10.0 Å². The molecular weight excluding hydrogens is 324 g/mol. The number of nitrogens with two attached hydrogens (primary N) is 1. The maximum absolute atomic E-state index is 11.4. The van der Waals surface area contributed by atoms with Gasteiger partial charge >= 0.3 is 0 Å². The zero-order valence-corrected chi connectivity index (χ0v) is 14.9. The van der Waals surface area contributed by atoms with Gasteiger partial charge in [0.25, 0.3) is 0 Å². The Bertz CT molecular complexity index is 730. The van der Waals surface area contributed by atoms with Crippen LogP contribution in [0.2, 0.25) is 0 Å². The molecule has 0 aliphatic heterocycles. The molecule has 0 heterocycles. The average molecular weight is 350 g/mol. The van der Waals surface area contributed by atoms with Gasteiger partial charge in [0.1, 0.15) is 0 Å². The number of nitrogens with zero attached hydrogens (tertiary/aromatic N) is 1. The van der Waals surface area contributed by atoms with Gasteiger partial charge in [-0.3, -0.25) is 4.99 Å². The van der Waals surface area contributed by atoms with Crippen molar-refractivity contribution in [1.29, 1.82) is 0 Å². The normalized spacial score (nSPS) is 24.1. The van der Waals surface area contributed by atoms with Crippen LogP contribution in [0, 0.1) is 5.92 Å². The Morgan fingerprint density at radius 3 is 2.83 bits per heavy atom. The largest absolute Gasteiger partial charge is 0.370 e. The molecule has 1 aromatic carbocycles. The molecule has 0 amide bonds. The summed E-state index contributed by atoms with van der Waals surface area (Å²) in [7, 11) is -3.18. The van der Waals surface area contributed by atoms with E-state index in [9.17, 15) is 8.42 Å². The smallest absolute Gasteiger partial charge is 0.208 e. The summed E-state index contributed by atoms with van der Waals surface area (Å²) >= 11 is 0. The van der Waals surface area contributed by atoms with Crippen LogP contribution in [0.5, 0.6) is 0 Å². The van der Waals surface area contributed by atoms with E-state index >= 15 is 0 Å². The molecule has 2 aliphatic rings. The number of rotatable bonds is 5. The van der Waals surface area contributed by atoms with Crippen LogP contribution < -0.4 is 15.8 Å². The first-order valence-electron chi connectivity index (χ1n) is 8.57. The van der Waals surface area contributed by atoms with E-state index in [0.717, 1.165) is 37.8 Å². The number of aliphatic imine (C=N–C) groups is 1. The van der Waals surface area contributed by atoms with E-state index in [0.29, 0.717) is 12.5 Å². The quantitative estimate of drug-likeness (QED) is 0.555. The van der Waals surface area contributed by atoms with Crippen molar-refractivity contribution in [3.8, 4) is 0 Å². The van der Waals surface area contributed by atoms with E-state index in [-0.39, 0.29) is 12.0 Å². The third-order valence-electron chi connectivity index (χ3n) is 4.89. The minimum atomic E-state index is -3.18. The van der Waals surface area contributed by atoms with E-state index in [1.54, 1.807) is 0 Å². The lowest BCUT2D eigenvalue weighted by Gasteiger charge is -2.18. The molecule has 2 unspecified atom stereocenters. The summed E-state index contributed by atoms with van der Waals surface area (Å²) in [4.78, 5) is 4.42. The lowest BCUT2D eigenvalue weighted by atomic mass is 10.1. The second-order valence-corrected chi connectivity index (χ2v) is 8.66. The molecule has 132 valence electrons. The number of benzene rings is 1. The molecule has 0 bridgehead atoms. The average Bonchev–Trinajstić information content (AvgIpc) is 3.12. The summed E-state index contributed by atoms with van der Waals surface area (Å²) in [5, 5.41) is 3.15. The van der Waals surface area contributed by atoms with Crippen LogP contribution in [-0.4, -0.2) is 33.2 Å². The molecule has 0 radical (unpaired) electrons. The van der Waals surface area contributed by atoms with Crippen LogP contribution in [-0.2, 0) is 22.9 Å². The Kier molecular flexibility index (Phi) is 5.10. The number of guanidine groups is 1. The number of anilines is 1. The van der Waals surface area contributed by atoms with Crippen LogP contribution in [0.15, 0.2) is 23.2 Å². The van der Waals surface area contributed by atoms with Crippen LogP contribution in [0.4, 0.5) is 5.69 Å². The first kappa shape index (κ1) is 17.2. The second kappa shape index (κ2) is 7.11. The van der Waals surface area contributed by atoms with Gasteiger partial charge in [-0.1, -0.05) is 12.5 Å². The number of hydrogen-bond acceptors (Lipinski definition) is 3. The molecule has 1 aromatic rings. The van der Waals surface area contributed by atoms with E-state index in [1.165, 1.54) is 23.8 Å². The molecule has 1 saturated carbocycles. The fraction of sp³-hybridized carbons (Fsp3) is 0.588. The first-order chi connectivity index (χ1) is 11.4. The molecule has 24 heavy (non-hydrogen) atoms. The molecule has 2 aliphatic carbocycles. The third kappa shape index (κ3) is 4.48. The third-order valence-corrected chi connectivity index (χ3v) is 5.62. The van der Waals surface area contributed by atoms with E-state index in [4.69, 9.17) is 5.73 Å². The van der Waals surface area contributed by atoms with Crippen LogP contribution in [0.25, 0.3) is 0 Å². The highest BCUT2D eigenvalue weighted by Crippen LogP contribution is 2.27. The van der Waals surface area contributed by atoms with Crippen molar-refractivity contribution in [2.45, 2.75) is 44.6 Å². The Balaban J connectivity index is 1.58. The topological polar surface area (TPSA) is 96.6 Å². The lowest BCUT2D eigenvalue weighted by molar-refractivity contribution is 0.455. The van der Waals surface area contributed by atoms with Crippen molar-refractivity contribution >= 4 is 21.7 Å². The maximum atomic E-state index is 11.4. The molecule has 7 heteroatoms. The fourth-order valence-electron chi connectivity index (χ4n) is 3.74. The number of fused-ring (bicyclic) bond motifs is 1. The Morgan fingerprint density at radius 2 is 2.04 bits per heavy atom. The zero-order valence-electron chi connectivity index (χ0n) is 14.1. The van der Waals surface area contributed by atoms with Crippen molar-refractivity contribution in [3.63, 3.8) is 0 Å². The summed E-state index contributed by atoms with van der Waals surface area (Å²) in [6.45, 7) is 0.539. The highest BCUT2D eigenvalue weighted by Gasteiger charge is 2.29. The van der Waals surface area contributed by atoms with E-state index < -0.39 is 10.0 Å². The number of aryl methyl sites for hydroxylation is 2. The minimum absolute atomic E-state index is 0.0310. The second-order valence-electron chi connectivity index (χ2n) is 6.88. The number of nitrogens with one attached hydrogen (secondary N) is 2. The van der Waals surface area contributed by atoms with Crippen molar-refractivity contribution < 1.29 is 8.42 Å². The number of sulfonamides is 1. The van der Waals surface area contributed by atoms with Crippen LogP contribution in [0.3, 0.4) is 0 Å². The van der Waals surface area contributed by atoms with Crippen molar-refractivity contribution in [3.05, 3.63) is 29.3 Å². The standard InChI is InChI=1S/C17H26N4O2S/c1-24(22,23)21-16-7-3-6-14(16)11-19-17(18)20-15-9-8-12-4-2-5-13(12)10-15/h8-10,14,16,21H,2-7,11H2,1H3,(H3,18,19,20). The monoisotopic (exact) mass is 350 g/mol. The highest BCUT2D eigenvalue weighted by atomic mass is 32.2. The zero-order chi connectivity index (χ0) is 17.2. The number of hydrogen-bond donors (Lipinski definition) is 3. The predicted octanol–water partition coefficient (Wildman–Crippen LogP) is 1.62. The fourth-order valence-corrected chi connectivity index (χ4v) is 4.60. The summed E-state index contributed by atoms with van der Waals surface area (Å²) in [5.74, 6) is 0.595. The highest BCUT2D eigenvalue weighted by molar-refractivity contribution is 7.88. The molecule has 1 fully saturated rings. The lowest BCUT2D eigenvalue weighted by Crippen LogP contribution is -2.38. The molecule has 6 nitrogen and oxygen atoms in total. The van der Waals surface area contributed by atoms with E-state index in [2.05, 4.69) is 27.2 Å². The van der Waals surface area contributed by atoms with Crippen molar-refractivity contribution in [2.75, 3.05) is 18.1 Å². The summed E-state index contributed by atoms with van der Waals surface area (Å²) in [6.07, 6.45) is 7.58. The predicted molar refractivity (Wildman–Crippen MR) is 97.7 cm³/mol. The van der Waals surface area contributed by atoms with Gasteiger partial charge in [0, 0.05) is 18.3 Å². The molecule has 4 N–H and O–H groups in total. The van der Waals surface area contributed by atoms with Gasteiger partial charge < -0.3 is 11.1 Å². The molecule has 3 rings (SSSR count). The maximum Gasteiger partial charge on any atom is 0.208 e. The van der Waals surface area contributed by atoms with Crippen LogP contribution in [0.1, 0.15) is 36.8 Å². The Labute approximate surface area is 144 Å². The van der Waals surface area contributed by atoms with Gasteiger partial charge in [-0.2, -0.15) is 0 Å². The molecular formula is C17H26N4O2S. The van der Waals surface area contributed by atoms with Gasteiger partial charge in [0.05, 0.1) is 6.26 Å². The van der Waals surface area contributed by atoms with Gasteiger partial charge in [-0.05, 0) is 61.3 Å². The first-order valence-corrected chi connectivity index (χ1v) is 10.5. The van der Waals surface area contributed by atoms with Crippen LogP contribution >= 0.6 is 0 Å². The van der Waals surface area contributed by atoms with E-state index in [1.807, 2.05) is 6.07 Å². The minimum Gasteiger partial charge on any atom is -0.370 e. The van der Waals surface area contributed by atoms with Gasteiger partial charge in [-0.25, -0.2) is 13.1 Å². The summed E-state index contributed by atoms with van der Waals surface area (Å²) < 4.78 is 25.6. The molecule has 0 aromatic heterocycles. The SMILES string of the molecule is CS(=O)(=O)NC1CCCC1CN=C(N)Nc1ccc2c(c1)CCC2. The summed E-state index contributed by atoms with van der Waals surface area (Å²) in [6, 6.07) is 6.31. The van der Waals surface area contributed by atoms with Crippen molar-refractivity contribution in [1.82, 2.24) is 4.72 Å².